The van der Waals surface area contributed by atoms with E-state index in [-0.39, 0.29) is 31.5 Å². The van der Waals surface area contributed by atoms with Crippen LogP contribution in [0.25, 0.3) is 0 Å². The zero-order chi connectivity index (χ0) is 61.4. The number of phosphoric ester groups is 1. The number of likely N-dealkylation sites (N-methyl/N-ethyl adjacent to an activating group) is 1. The Morgan fingerprint density at radius 3 is 1.01 bits per heavy atom. The lowest BCUT2D eigenvalue weighted by Crippen LogP contribution is -2.47. The minimum atomic E-state index is -4.70. The Hall–Kier alpha value is -1.51. The third kappa shape index (κ3) is 64.9. The average Bonchev–Trinajstić information content (AvgIpc) is 3.65. The van der Waals surface area contributed by atoms with E-state index in [1.807, 2.05) is 33.3 Å². The first-order valence-electron chi connectivity index (χ1n) is 37.1. The molecule has 10 heteroatoms. The monoisotopic (exact) mass is 1210 g/mol. The van der Waals surface area contributed by atoms with E-state index in [1.54, 1.807) is 0 Å². The van der Waals surface area contributed by atoms with Gasteiger partial charge in [0.1, 0.15) is 19.3 Å². The topological polar surface area (TPSA) is 114 Å². The zero-order valence-corrected chi connectivity index (χ0v) is 58.0. The van der Waals surface area contributed by atoms with Crippen LogP contribution < -0.4 is 10.2 Å². The lowest BCUT2D eigenvalue weighted by Gasteiger charge is -2.30. The number of esters is 1. The van der Waals surface area contributed by atoms with Crippen molar-refractivity contribution in [3.8, 4) is 0 Å². The van der Waals surface area contributed by atoms with E-state index in [2.05, 4.69) is 38.2 Å². The molecule has 0 bridgehead atoms. The van der Waals surface area contributed by atoms with E-state index in [9.17, 15) is 19.0 Å². The third-order valence-corrected chi connectivity index (χ3v) is 18.1. The van der Waals surface area contributed by atoms with Gasteiger partial charge in [0.15, 0.2) is 0 Å². The number of nitrogens with one attached hydrogen (secondary N) is 1. The smallest absolute Gasteiger partial charge is 0.306 e. The van der Waals surface area contributed by atoms with Crippen molar-refractivity contribution in [2.24, 2.45) is 0 Å². The molecule has 0 heterocycles. The number of rotatable bonds is 69. The maximum absolute atomic E-state index is 13.6. The standard InChI is InChI=1S/C74H145N2O7P/c1-7-10-13-16-19-22-25-28-30-32-34-36-37-38-39-41-42-44-46-48-51-54-57-60-63-66-73(77)75-71(70-82-84(79,80)81-69-68-76(4,5)6)72(65-62-59-56-53-50-27-24-21-18-15-12-9-3)83-74(78)67-64-61-58-55-52-49-47-45-43-40-35-33-31-29-26-23-20-17-14-11-8-2/h29,31,62,65,71-72H,7-28,30,32-61,63-64,66-70H2,1-6H3,(H-,75,77,79,80)/b31-29+,65-62+. The quantitative estimate of drug-likeness (QED) is 0.0212. The molecule has 84 heavy (non-hydrogen) atoms. The summed E-state index contributed by atoms with van der Waals surface area (Å²) in [5.74, 6) is -0.517. The Morgan fingerprint density at radius 1 is 0.405 bits per heavy atom. The molecule has 9 nitrogen and oxygen atoms in total. The molecule has 0 fully saturated rings. The molecule has 0 rings (SSSR count). The van der Waals surface area contributed by atoms with E-state index >= 15 is 0 Å². The number of hydrogen-bond acceptors (Lipinski definition) is 7. The molecule has 0 aromatic carbocycles. The van der Waals surface area contributed by atoms with E-state index < -0.39 is 20.0 Å². The van der Waals surface area contributed by atoms with Crippen molar-refractivity contribution in [2.45, 2.75) is 399 Å². The van der Waals surface area contributed by atoms with Crippen molar-refractivity contribution < 1.29 is 37.3 Å². The van der Waals surface area contributed by atoms with Gasteiger partial charge in [-0.15, -0.1) is 0 Å². The predicted octanol–water partition coefficient (Wildman–Crippen LogP) is 23.0. The summed E-state index contributed by atoms with van der Waals surface area (Å²) in [7, 11) is 1.21. The Kier molecular flexibility index (Phi) is 63.3. The van der Waals surface area contributed by atoms with Crippen LogP contribution in [0.3, 0.4) is 0 Å². The fraction of sp³-hybridized carbons (Fsp3) is 0.919. The number of unbranched alkanes of at least 4 members (excludes halogenated alkanes) is 51. The molecule has 0 aromatic rings. The summed E-state index contributed by atoms with van der Waals surface area (Å²) in [6.07, 6.45) is 78.8. The summed E-state index contributed by atoms with van der Waals surface area (Å²) in [6.45, 7) is 6.91. The van der Waals surface area contributed by atoms with E-state index in [4.69, 9.17) is 13.8 Å². The van der Waals surface area contributed by atoms with Crippen LogP contribution in [-0.4, -0.2) is 69.4 Å². The number of hydrogen-bond donors (Lipinski definition) is 1. The van der Waals surface area contributed by atoms with Gasteiger partial charge in [-0.3, -0.25) is 14.2 Å². The molecule has 3 unspecified atom stereocenters. The molecule has 3 atom stereocenters. The minimum absolute atomic E-state index is 0.0181. The minimum Gasteiger partial charge on any atom is -0.756 e. The lowest BCUT2D eigenvalue weighted by atomic mass is 10.0. The first kappa shape index (κ1) is 82.5. The molecule has 498 valence electrons. The van der Waals surface area contributed by atoms with Gasteiger partial charge in [-0.25, -0.2) is 0 Å². The summed E-state index contributed by atoms with van der Waals surface area (Å²) >= 11 is 0. The Labute approximate surface area is 524 Å². The van der Waals surface area contributed by atoms with Gasteiger partial charge in [0, 0.05) is 12.8 Å². The number of ether oxygens (including phenoxy) is 1. The number of amides is 1. The zero-order valence-electron chi connectivity index (χ0n) is 57.1. The molecule has 0 saturated heterocycles. The van der Waals surface area contributed by atoms with Gasteiger partial charge in [0.2, 0.25) is 5.91 Å². The predicted molar refractivity (Wildman–Crippen MR) is 363 cm³/mol. The van der Waals surface area contributed by atoms with Crippen molar-refractivity contribution in [3.63, 3.8) is 0 Å². The highest BCUT2D eigenvalue weighted by atomic mass is 31.2. The number of nitrogens with zero attached hydrogens (tertiary/aromatic N) is 1. The maximum atomic E-state index is 13.6. The number of phosphoric acid groups is 1. The largest absolute Gasteiger partial charge is 0.756 e. The Balaban J connectivity index is 4.98. The molecule has 1 amide bonds. The van der Waals surface area contributed by atoms with Crippen LogP contribution in [0.1, 0.15) is 387 Å². The maximum Gasteiger partial charge on any atom is 0.306 e. The summed E-state index contributed by atoms with van der Waals surface area (Å²) in [4.78, 5) is 40.2. The van der Waals surface area contributed by atoms with Gasteiger partial charge in [-0.1, -0.05) is 341 Å². The van der Waals surface area contributed by atoms with Gasteiger partial charge in [-0.05, 0) is 57.4 Å². The molecule has 0 aromatic heterocycles. The molecule has 0 spiro atoms. The van der Waals surface area contributed by atoms with Gasteiger partial charge in [-0.2, -0.15) is 0 Å². The summed E-state index contributed by atoms with van der Waals surface area (Å²) in [6, 6.07) is -0.884. The van der Waals surface area contributed by atoms with Crippen molar-refractivity contribution in [2.75, 3.05) is 40.9 Å². The van der Waals surface area contributed by atoms with E-state index in [0.717, 1.165) is 57.8 Å². The second kappa shape index (κ2) is 64.5. The van der Waals surface area contributed by atoms with Crippen LogP contribution in [0.4, 0.5) is 0 Å². The number of allylic oxidation sites excluding steroid dienone is 3. The van der Waals surface area contributed by atoms with Crippen LogP contribution in [-0.2, 0) is 27.9 Å². The molecular formula is C74H145N2O7P. The van der Waals surface area contributed by atoms with E-state index in [0.29, 0.717) is 17.4 Å². The fourth-order valence-corrected chi connectivity index (χ4v) is 12.1. The third-order valence-electron chi connectivity index (χ3n) is 17.1. The first-order valence-corrected chi connectivity index (χ1v) is 38.6. The SMILES string of the molecule is CCCCCCCC/C=C/CCCCCCCCCCCCCC(=O)OC(/C=C/CCCCCCCCCCCC)C(COP(=O)([O-])OCC[N+](C)(C)C)NC(=O)CCCCCCCCCCCCCCCCCCCCCCCCCCC. The number of quaternary nitrogens is 1. The molecule has 0 aliphatic heterocycles. The second-order valence-electron chi connectivity index (χ2n) is 26.8. The summed E-state index contributed by atoms with van der Waals surface area (Å²) in [5.41, 5.74) is 0. The van der Waals surface area contributed by atoms with Crippen LogP contribution in [0.15, 0.2) is 24.3 Å². The van der Waals surface area contributed by atoms with E-state index in [1.165, 1.54) is 295 Å². The number of carbonyl (C=O) groups excluding carboxylic acids is 2. The van der Waals surface area contributed by atoms with Gasteiger partial charge in [0.25, 0.3) is 7.82 Å². The van der Waals surface area contributed by atoms with Crippen molar-refractivity contribution in [3.05, 3.63) is 24.3 Å². The fourth-order valence-electron chi connectivity index (χ4n) is 11.4. The normalized spacial score (nSPS) is 13.6. The van der Waals surface area contributed by atoms with Crippen LogP contribution in [0.2, 0.25) is 0 Å². The molecule has 0 aliphatic rings. The van der Waals surface area contributed by atoms with Crippen LogP contribution >= 0.6 is 7.82 Å². The highest BCUT2D eigenvalue weighted by Crippen LogP contribution is 2.38. The van der Waals surface area contributed by atoms with Crippen molar-refractivity contribution in [1.82, 2.24) is 5.32 Å². The molecule has 0 aliphatic carbocycles. The molecule has 0 saturated carbocycles. The van der Waals surface area contributed by atoms with Crippen LogP contribution in [0.5, 0.6) is 0 Å². The lowest BCUT2D eigenvalue weighted by molar-refractivity contribution is -0.870. The molecule has 0 radical (unpaired) electrons. The Morgan fingerprint density at radius 2 is 0.690 bits per heavy atom. The van der Waals surface area contributed by atoms with Gasteiger partial charge in [0.05, 0.1) is 33.8 Å². The average molecular weight is 1210 g/mol. The number of carbonyl (C=O) groups is 2. The van der Waals surface area contributed by atoms with Gasteiger partial charge < -0.3 is 28.5 Å². The highest BCUT2D eigenvalue weighted by Gasteiger charge is 2.27. The van der Waals surface area contributed by atoms with Crippen molar-refractivity contribution >= 4 is 19.7 Å². The Bertz CT molecular complexity index is 1480. The second-order valence-corrected chi connectivity index (χ2v) is 28.2. The first-order chi connectivity index (χ1) is 40.9. The molecule has 1 N–H and O–H groups in total. The highest BCUT2D eigenvalue weighted by molar-refractivity contribution is 7.45. The summed E-state index contributed by atoms with van der Waals surface area (Å²) in [5, 5.41) is 3.05. The van der Waals surface area contributed by atoms with Crippen LogP contribution in [0, 0.1) is 0 Å². The molecular weight excluding hydrogens is 1060 g/mol. The summed E-state index contributed by atoms with van der Waals surface area (Å²) < 4.78 is 30.5. The van der Waals surface area contributed by atoms with Crippen molar-refractivity contribution in [1.29, 1.82) is 0 Å². The van der Waals surface area contributed by atoms with Gasteiger partial charge >= 0.3 is 5.97 Å².